The summed E-state index contributed by atoms with van der Waals surface area (Å²) in [5.74, 6) is -1.19. The number of rotatable bonds is 7. The molecule has 1 amide bonds. The highest BCUT2D eigenvalue weighted by Gasteiger charge is 2.31. The zero-order valence-corrected chi connectivity index (χ0v) is 19.6. The number of nitrogens with zero attached hydrogens (tertiary/aromatic N) is 2. The maximum Gasteiger partial charge on any atom is 0.416 e. The predicted molar refractivity (Wildman–Crippen MR) is 125 cm³/mol. The van der Waals surface area contributed by atoms with Crippen molar-refractivity contribution in [2.24, 2.45) is 5.92 Å². The van der Waals surface area contributed by atoms with E-state index in [0.717, 1.165) is 49.4 Å². The molecule has 0 aliphatic heterocycles. The second-order valence-electron chi connectivity index (χ2n) is 8.62. The molecule has 2 aromatic carbocycles. The number of aromatic nitrogens is 2. The van der Waals surface area contributed by atoms with Gasteiger partial charge in [-0.1, -0.05) is 28.8 Å². The zero-order chi connectivity index (χ0) is 25.9. The molecule has 1 aliphatic rings. The molecule has 4 rings (SSSR count). The van der Waals surface area contributed by atoms with Gasteiger partial charge in [-0.3, -0.25) is 9.59 Å². The first kappa shape index (κ1) is 25.5. The van der Waals surface area contributed by atoms with Crippen LogP contribution in [0, 0.1) is 5.92 Å². The van der Waals surface area contributed by atoms with Crippen molar-refractivity contribution in [2.75, 3.05) is 10.6 Å². The average molecular weight is 523 g/mol. The molecule has 0 spiro atoms. The van der Waals surface area contributed by atoms with Crippen molar-refractivity contribution in [3.05, 3.63) is 64.5 Å². The standard InChI is InChI=1S/C24H22ClF3N4O4/c25-18-12-16(24(26,27)28)7-10-19(18)30-23-32-31-22(36-23)21(35)29-17-8-5-15(6-9-17)14-3-1-13(2-4-14)11-20(33)34/h5-10,12-14H,1-4,11H2,(H,29,35)(H,30,32)(H,33,34)/t13-,14-. The van der Waals surface area contributed by atoms with Gasteiger partial charge in [-0.15, -0.1) is 5.10 Å². The Morgan fingerprint density at radius 1 is 1.06 bits per heavy atom. The topological polar surface area (TPSA) is 117 Å². The summed E-state index contributed by atoms with van der Waals surface area (Å²) >= 11 is 5.90. The minimum atomic E-state index is -4.53. The predicted octanol–water partition coefficient (Wildman–Crippen LogP) is 6.49. The van der Waals surface area contributed by atoms with Crippen molar-refractivity contribution in [3.8, 4) is 0 Å². The first-order valence-corrected chi connectivity index (χ1v) is 11.6. The highest BCUT2D eigenvalue weighted by Crippen LogP contribution is 2.37. The number of amides is 1. The van der Waals surface area contributed by atoms with Gasteiger partial charge in [-0.2, -0.15) is 13.2 Å². The lowest BCUT2D eigenvalue weighted by Gasteiger charge is -2.28. The van der Waals surface area contributed by atoms with E-state index in [2.05, 4.69) is 20.8 Å². The summed E-state index contributed by atoms with van der Waals surface area (Å²) in [7, 11) is 0. The number of aliphatic carboxylic acids is 1. The van der Waals surface area contributed by atoms with Crippen LogP contribution >= 0.6 is 11.6 Å². The molecule has 0 unspecified atom stereocenters. The number of carboxylic acid groups (broad SMARTS) is 1. The smallest absolute Gasteiger partial charge is 0.416 e. The van der Waals surface area contributed by atoms with Gasteiger partial charge in [0.05, 0.1) is 16.3 Å². The van der Waals surface area contributed by atoms with E-state index in [-0.39, 0.29) is 35.0 Å². The Morgan fingerprint density at radius 3 is 2.36 bits per heavy atom. The van der Waals surface area contributed by atoms with Gasteiger partial charge in [0.1, 0.15) is 0 Å². The summed E-state index contributed by atoms with van der Waals surface area (Å²) in [5, 5.41) is 21.3. The fourth-order valence-electron chi connectivity index (χ4n) is 4.24. The third kappa shape index (κ3) is 6.34. The Morgan fingerprint density at radius 2 is 1.75 bits per heavy atom. The van der Waals surface area contributed by atoms with Crippen molar-refractivity contribution in [1.82, 2.24) is 10.2 Å². The molecule has 0 bridgehead atoms. The summed E-state index contributed by atoms with van der Waals surface area (Å²) in [6.07, 6.45) is -0.727. The highest BCUT2D eigenvalue weighted by molar-refractivity contribution is 6.33. The van der Waals surface area contributed by atoms with Crippen molar-refractivity contribution in [3.63, 3.8) is 0 Å². The minimum Gasteiger partial charge on any atom is -0.481 e. The van der Waals surface area contributed by atoms with Crippen LogP contribution in [-0.2, 0) is 11.0 Å². The van der Waals surface area contributed by atoms with E-state index in [1.54, 1.807) is 12.1 Å². The van der Waals surface area contributed by atoms with Gasteiger partial charge in [-0.05, 0) is 73.4 Å². The van der Waals surface area contributed by atoms with E-state index < -0.39 is 23.6 Å². The van der Waals surface area contributed by atoms with Crippen LogP contribution in [0.1, 0.15) is 59.8 Å². The number of alkyl halides is 3. The van der Waals surface area contributed by atoms with Gasteiger partial charge in [0, 0.05) is 12.1 Å². The van der Waals surface area contributed by atoms with E-state index in [9.17, 15) is 22.8 Å². The number of carboxylic acids is 1. The second-order valence-corrected chi connectivity index (χ2v) is 9.03. The molecular weight excluding hydrogens is 501 g/mol. The summed E-state index contributed by atoms with van der Waals surface area (Å²) in [5.41, 5.74) is 0.842. The molecule has 3 aromatic rings. The first-order chi connectivity index (χ1) is 17.1. The molecular formula is C24H22ClF3N4O4. The van der Waals surface area contributed by atoms with Crippen LogP contribution in [0.15, 0.2) is 46.9 Å². The number of hydrogen-bond acceptors (Lipinski definition) is 6. The molecule has 1 fully saturated rings. The largest absolute Gasteiger partial charge is 0.481 e. The van der Waals surface area contributed by atoms with E-state index >= 15 is 0 Å². The van der Waals surface area contributed by atoms with Crippen LogP contribution in [0.3, 0.4) is 0 Å². The van der Waals surface area contributed by atoms with Gasteiger partial charge >= 0.3 is 30.0 Å². The molecule has 0 radical (unpaired) electrons. The lowest BCUT2D eigenvalue weighted by Crippen LogP contribution is -2.16. The first-order valence-electron chi connectivity index (χ1n) is 11.2. The summed E-state index contributed by atoms with van der Waals surface area (Å²) in [6.45, 7) is 0. The van der Waals surface area contributed by atoms with Crippen LogP contribution in [0.5, 0.6) is 0 Å². The average Bonchev–Trinajstić information content (AvgIpc) is 3.29. The zero-order valence-electron chi connectivity index (χ0n) is 18.8. The lowest BCUT2D eigenvalue weighted by molar-refractivity contribution is -0.139. The molecule has 0 atom stereocenters. The van der Waals surface area contributed by atoms with Crippen LogP contribution in [-0.4, -0.2) is 27.2 Å². The Balaban J connectivity index is 1.33. The molecule has 3 N–H and O–H groups in total. The minimum absolute atomic E-state index is 0.104. The van der Waals surface area contributed by atoms with E-state index in [1.807, 2.05) is 12.1 Å². The summed E-state index contributed by atoms with van der Waals surface area (Å²) < 4.78 is 43.6. The van der Waals surface area contributed by atoms with E-state index in [0.29, 0.717) is 11.6 Å². The normalized spacial score (nSPS) is 18.0. The second kappa shape index (κ2) is 10.6. The Kier molecular flexibility index (Phi) is 7.48. The van der Waals surface area contributed by atoms with Gasteiger partial charge in [0.25, 0.3) is 0 Å². The Labute approximate surface area is 208 Å². The van der Waals surface area contributed by atoms with Crippen LogP contribution in [0.25, 0.3) is 0 Å². The quantitative estimate of drug-likeness (QED) is 0.325. The number of halogens is 4. The monoisotopic (exact) mass is 522 g/mol. The number of carbonyl (C=O) groups excluding carboxylic acids is 1. The van der Waals surface area contributed by atoms with Gasteiger partial charge in [-0.25, -0.2) is 0 Å². The van der Waals surface area contributed by atoms with Crippen LogP contribution < -0.4 is 10.6 Å². The molecule has 36 heavy (non-hydrogen) atoms. The SMILES string of the molecule is O=C(O)C[C@H]1CC[C@H](c2ccc(NC(=O)c3nnc(Nc4ccc(C(F)(F)F)cc4Cl)o3)cc2)CC1. The molecule has 1 saturated carbocycles. The number of nitrogens with one attached hydrogen (secondary N) is 2. The lowest BCUT2D eigenvalue weighted by atomic mass is 9.77. The third-order valence-electron chi connectivity index (χ3n) is 6.11. The van der Waals surface area contributed by atoms with Crippen molar-refractivity contribution in [1.29, 1.82) is 0 Å². The molecule has 1 aliphatic carbocycles. The number of carbonyl (C=O) groups is 2. The third-order valence-corrected chi connectivity index (χ3v) is 6.42. The molecule has 1 heterocycles. The van der Waals surface area contributed by atoms with Crippen molar-refractivity contribution >= 4 is 40.9 Å². The highest BCUT2D eigenvalue weighted by atomic mass is 35.5. The number of anilines is 3. The summed E-state index contributed by atoms with van der Waals surface area (Å²) in [6, 6.07) is 9.88. The fraction of sp³-hybridized carbons (Fsp3) is 0.333. The fourth-order valence-corrected chi connectivity index (χ4v) is 4.47. The Hall–Kier alpha value is -3.60. The molecule has 12 heteroatoms. The molecule has 0 saturated heterocycles. The van der Waals surface area contributed by atoms with E-state index in [4.69, 9.17) is 21.1 Å². The summed E-state index contributed by atoms with van der Waals surface area (Å²) in [4.78, 5) is 23.4. The van der Waals surface area contributed by atoms with E-state index in [1.165, 1.54) is 0 Å². The van der Waals surface area contributed by atoms with Crippen molar-refractivity contribution in [2.45, 2.75) is 44.2 Å². The Bertz CT molecular complexity index is 1240. The maximum absolute atomic E-state index is 12.8. The molecule has 190 valence electrons. The van der Waals surface area contributed by atoms with Gasteiger partial charge < -0.3 is 20.2 Å². The van der Waals surface area contributed by atoms with Gasteiger partial charge in [0.2, 0.25) is 0 Å². The van der Waals surface area contributed by atoms with Crippen molar-refractivity contribution < 1.29 is 32.3 Å². The molecule has 1 aromatic heterocycles. The van der Waals surface area contributed by atoms with Crippen LogP contribution in [0.4, 0.5) is 30.6 Å². The van der Waals surface area contributed by atoms with Crippen LogP contribution in [0.2, 0.25) is 5.02 Å². The number of hydrogen-bond donors (Lipinski definition) is 3. The van der Waals surface area contributed by atoms with Gasteiger partial charge in [0.15, 0.2) is 0 Å². The molecule has 8 nitrogen and oxygen atoms in total. The maximum atomic E-state index is 12.8. The number of benzene rings is 2.